The first kappa shape index (κ1) is 27.9. The maximum Gasteiger partial charge on any atom is 0.326 e. The van der Waals surface area contributed by atoms with Gasteiger partial charge in [-0.1, -0.05) is 20.8 Å². The minimum absolute atomic E-state index is 0.132. The summed E-state index contributed by atoms with van der Waals surface area (Å²) < 4.78 is 4.92. The van der Waals surface area contributed by atoms with Crippen LogP contribution in [0.5, 0.6) is 0 Å². The zero-order valence-corrected chi connectivity index (χ0v) is 22.2. The minimum atomic E-state index is -1.02. The molecule has 0 bridgehead atoms. The minimum Gasteiger partial charge on any atom is -0.454 e. The molecule has 1 heterocycles. The van der Waals surface area contributed by atoms with Crippen molar-refractivity contribution in [2.24, 2.45) is 11.3 Å². The van der Waals surface area contributed by atoms with E-state index in [9.17, 15) is 24.0 Å². The Morgan fingerprint density at radius 1 is 1.08 bits per heavy atom. The molecule has 1 saturated heterocycles. The van der Waals surface area contributed by atoms with Crippen molar-refractivity contribution in [2.45, 2.75) is 59.4 Å². The molecule has 1 aliphatic heterocycles. The van der Waals surface area contributed by atoms with Crippen LogP contribution in [0.4, 0.5) is 10.5 Å². The van der Waals surface area contributed by atoms with Crippen LogP contribution in [0.1, 0.15) is 64.2 Å². The lowest BCUT2D eigenvalue weighted by molar-refractivity contribution is -0.151. The summed E-state index contributed by atoms with van der Waals surface area (Å²) in [6, 6.07) is 6.29. The normalized spacial score (nSPS) is 22.4. The largest absolute Gasteiger partial charge is 0.454 e. The first-order valence-electron chi connectivity index (χ1n) is 12.6. The van der Waals surface area contributed by atoms with E-state index in [2.05, 4.69) is 34.9 Å². The monoisotopic (exact) mass is 515 g/mol. The zero-order chi connectivity index (χ0) is 27.4. The highest BCUT2D eigenvalue weighted by Crippen LogP contribution is 2.46. The molecule has 3 rings (SSSR count). The number of hydrazine groups is 1. The Balaban J connectivity index is 1.46. The van der Waals surface area contributed by atoms with E-state index in [1.54, 1.807) is 12.1 Å². The second kappa shape index (κ2) is 11.2. The highest BCUT2D eigenvalue weighted by atomic mass is 16.5. The maximum absolute atomic E-state index is 13.1. The average Bonchev–Trinajstić information content (AvgIpc) is 3.04. The van der Waals surface area contributed by atoms with E-state index in [-0.39, 0.29) is 11.3 Å². The Labute approximate surface area is 217 Å². The number of esters is 1. The molecule has 11 heteroatoms. The maximum atomic E-state index is 13.1. The van der Waals surface area contributed by atoms with Crippen LogP contribution in [-0.4, -0.2) is 66.4 Å². The summed E-state index contributed by atoms with van der Waals surface area (Å²) in [5, 5.41) is 2.79. The van der Waals surface area contributed by atoms with E-state index < -0.39 is 48.4 Å². The van der Waals surface area contributed by atoms with Crippen LogP contribution in [-0.2, 0) is 19.1 Å². The molecule has 2 fully saturated rings. The molecule has 0 unspecified atom stereocenters. The first-order valence-corrected chi connectivity index (χ1v) is 12.6. The number of anilines is 1. The van der Waals surface area contributed by atoms with Crippen molar-refractivity contribution in [3.05, 3.63) is 29.8 Å². The molecule has 2 aliphatic rings. The summed E-state index contributed by atoms with van der Waals surface area (Å²) in [5.74, 6) is -2.41. The number of ether oxygens (including phenoxy) is 1. The number of rotatable bonds is 8. The summed E-state index contributed by atoms with van der Waals surface area (Å²) in [4.78, 5) is 65.2. The smallest absolute Gasteiger partial charge is 0.326 e. The van der Waals surface area contributed by atoms with E-state index in [1.165, 1.54) is 0 Å². The first-order chi connectivity index (χ1) is 17.4. The molecule has 37 heavy (non-hydrogen) atoms. The van der Waals surface area contributed by atoms with Crippen molar-refractivity contribution < 1.29 is 28.7 Å². The van der Waals surface area contributed by atoms with Crippen molar-refractivity contribution in [1.29, 1.82) is 0 Å². The van der Waals surface area contributed by atoms with Crippen LogP contribution >= 0.6 is 0 Å². The van der Waals surface area contributed by atoms with E-state index in [0.717, 1.165) is 30.1 Å². The second-order valence-corrected chi connectivity index (χ2v) is 10.6. The molecular weight excluding hydrogens is 478 g/mol. The number of hydrogen-bond acceptors (Lipinski definition) is 7. The van der Waals surface area contributed by atoms with Crippen molar-refractivity contribution >= 4 is 35.4 Å². The number of nitrogens with zero attached hydrogens (tertiary/aromatic N) is 2. The Bertz CT molecular complexity index is 1050. The topological polar surface area (TPSA) is 137 Å². The molecule has 2 atom stereocenters. The van der Waals surface area contributed by atoms with Gasteiger partial charge in [0.05, 0.1) is 0 Å². The third-order valence-corrected chi connectivity index (χ3v) is 6.85. The average molecular weight is 516 g/mol. The van der Waals surface area contributed by atoms with Gasteiger partial charge in [-0.05, 0) is 68.7 Å². The molecule has 1 spiro atoms. The highest BCUT2D eigenvalue weighted by Gasteiger charge is 2.56. The van der Waals surface area contributed by atoms with E-state index in [4.69, 9.17) is 4.74 Å². The van der Waals surface area contributed by atoms with Gasteiger partial charge in [-0.2, -0.15) is 0 Å². The van der Waals surface area contributed by atoms with Gasteiger partial charge in [-0.3, -0.25) is 34.9 Å². The van der Waals surface area contributed by atoms with Crippen molar-refractivity contribution in [3.63, 3.8) is 0 Å². The molecular formula is C26H37N5O6. The second-order valence-electron chi connectivity index (χ2n) is 10.6. The van der Waals surface area contributed by atoms with Crippen molar-refractivity contribution in [3.8, 4) is 0 Å². The van der Waals surface area contributed by atoms with Crippen LogP contribution < -0.4 is 21.1 Å². The predicted molar refractivity (Wildman–Crippen MR) is 136 cm³/mol. The molecule has 1 aromatic rings. The molecule has 1 aromatic carbocycles. The van der Waals surface area contributed by atoms with Gasteiger partial charge in [0.1, 0.15) is 12.1 Å². The lowest BCUT2D eigenvalue weighted by atomic mass is 9.64. The van der Waals surface area contributed by atoms with Crippen LogP contribution in [0.3, 0.4) is 0 Å². The fourth-order valence-electron chi connectivity index (χ4n) is 5.62. The number of imide groups is 1. The van der Waals surface area contributed by atoms with Gasteiger partial charge in [0.2, 0.25) is 0 Å². The zero-order valence-electron chi connectivity index (χ0n) is 22.2. The summed E-state index contributed by atoms with van der Waals surface area (Å²) in [6.45, 7) is 10.6. The third-order valence-electron chi connectivity index (χ3n) is 6.85. The van der Waals surface area contributed by atoms with E-state index in [1.807, 2.05) is 32.9 Å². The number of carbonyl (C=O) groups excluding carboxylic acids is 5. The molecule has 5 amide bonds. The van der Waals surface area contributed by atoms with Gasteiger partial charge in [0, 0.05) is 24.3 Å². The molecule has 202 valence electrons. The lowest BCUT2D eigenvalue weighted by Crippen LogP contribution is -2.54. The lowest BCUT2D eigenvalue weighted by Gasteiger charge is -2.43. The molecule has 11 nitrogen and oxygen atoms in total. The van der Waals surface area contributed by atoms with Crippen molar-refractivity contribution in [1.82, 2.24) is 21.1 Å². The van der Waals surface area contributed by atoms with Gasteiger partial charge in [0.15, 0.2) is 6.61 Å². The van der Waals surface area contributed by atoms with Crippen LogP contribution in [0.15, 0.2) is 24.3 Å². The molecule has 1 aliphatic carbocycles. The third kappa shape index (κ3) is 6.58. The van der Waals surface area contributed by atoms with Crippen molar-refractivity contribution in [2.75, 3.05) is 31.1 Å². The summed E-state index contributed by atoms with van der Waals surface area (Å²) in [5.41, 5.74) is 4.62. The SMILES string of the molecule is CCN(CC)c1ccc(C(=O)NNC(=O)COC(=O)CN2C(=O)N[C@]3(C[C@@H](C)CC(C)(C)C3)C2=O)cc1. The number of benzene rings is 1. The van der Waals surface area contributed by atoms with Gasteiger partial charge < -0.3 is 15.0 Å². The molecule has 1 saturated carbocycles. The fourth-order valence-corrected chi connectivity index (χ4v) is 5.62. The van der Waals surface area contributed by atoms with E-state index >= 15 is 0 Å². The quantitative estimate of drug-likeness (QED) is 0.273. The molecule has 3 N–H and O–H groups in total. The Hall–Kier alpha value is -3.63. The Morgan fingerprint density at radius 3 is 2.32 bits per heavy atom. The summed E-state index contributed by atoms with van der Waals surface area (Å²) in [6.07, 6.45) is 1.93. The van der Waals surface area contributed by atoms with E-state index in [0.29, 0.717) is 18.4 Å². The Kier molecular flexibility index (Phi) is 8.45. The molecule has 0 aromatic heterocycles. The van der Waals surface area contributed by atoms with Gasteiger partial charge >= 0.3 is 12.0 Å². The number of amides is 5. The standard InChI is InChI=1S/C26H37N5O6/c1-6-30(7-2)19-10-8-18(9-11-19)22(34)29-28-20(32)15-37-21(33)14-31-23(35)26(27-24(31)36)13-17(3)12-25(4,5)16-26/h8-11,17H,6-7,12-16H2,1-5H3,(H,27,36)(H,28,32)(H,29,34)/t17-,26-/m0/s1. The van der Waals surface area contributed by atoms with Crippen LogP contribution in [0, 0.1) is 11.3 Å². The molecule has 0 radical (unpaired) electrons. The predicted octanol–water partition coefficient (Wildman–Crippen LogP) is 1.97. The number of hydrogen-bond donors (Lipinski definition) is 3. The summed E-state index contributed by atoms with van der Waals surface area (Å²) >= 11 is 0. The summed E-state index contributed by atoms with van der Waals surface area (Å²) in [7, 11) is 0. The van der Waals surface area contributed by atoms with Crippen LogP contribution in [0.25, 0.3) is 0 Å². The van der Waals surface area contributed by atoms with Crippen LogP contribution in [0.2, 0.25) is 0 Å². The highest BCUT2D eigenvalue weighted by molar-refractivity contribution is 6.09. The van der Waals surface area contributed by atoms with Gasteiger partial charge in [-0.25, -0.2) is 4.79 Å². The number of urea groups is 1. The fraction of sp³-hybridized carbons (Fsp3) is 0.577. The van der Waals surface area contributed by atoms with Gasteiger partial charge in [0.25, 0.3) is 17.7 Å². The Morgan fingerprint density at radius 2 is 1.73 bits per heavy atom. The van der Waals surface area contributed by atoms with Gasteiger partial charge in [-0.15, -0.1) is 0 Å². The number of nitrogens with one attached hydrogen (secondary N) is 3. The number of carbonyl (C=O) groups is 5.